The van der Waals surface area contributed by atoms with Crippen LogP contribution < -0.4 is 10.1 Å². The molecule has 1 amide bonds. The van der Waals surface area contributed by atoms with Gasteiger partial charge in [-0.25, -0.2) is 8.42 Å². The number of sulfonamides is 1. The van der Waals surface area contributed by atoms with E-state index in [0.29, 0.717) is 0 Å². The lowest BCUT2D eigenvalue weighted by Crippen LogP contribution is -2.50. The number of aliphatic imine (C=N–C) groups is 1. The largest absolute Gasteiger partial charge is 0.573 e. The number of rotatable bonds is 7. The van der Waals surface area contributed by atoms with Crippen molar-refractivity contribution in [2.24, 2.45) is 4.99 Å². The number of piperidine rings is 1. The van der Waals surface area contributed by atoms with Crippen LogP contribution in [0.2, 0.25) is 0 Å². The van der Waals surface area contributed by atoms with Crippen LogP contribution in [-0.4, -0.2) is 92.5 Å². The van der Waals surface area contributed by atoms with Crippen molar-refractivity contribution >= 4 is 27.8 Å². The molecule has 2 aromatic carbocycles. The van der Waals surface area contributed by atoms with E-state index in [1.54, 1.807) is 6.08 Å². The zero-order valence-electron chi connectivity index (χ0n) is 23.5. The van der Waals surface area contributed by atoms with Crippen LogP contribution in [0.5, 0.6) is 5.75 Å². The molecule has 0 radical (unpaired) electrons. The molecule has 0 bridgehead atoms. The van der Waals surface area contributed by atoms with Gasteiger partial charge in [-0.2, -0.15) is 4.31 Å². The third kappa shape index (κ3) is 7.02. The Balaban J connectivity index is 1.21. The number of nitrogens with one attached hydrogen (secondary N) is 1. The predicted octanol–water partition coefficient (Wildman–Crippen LogP) is 3.35. The first kappa shape index (κ1) is 30.2. The van der Waals surface area contributed by atoms with Crippen LogP contribution >= 0.6 is 0 Å². The second-order valence-electron chi connectivity index (χ2n) is 11.0. The van der Waals surface area contributed by atoms with Crippen molar-refractivity contribution in [2.45, 2.75) is 38.2 Å². The van der Waals surface area contributed by atoms with Gasteiger partial charge in [-0.1, -0.05) is 30.3 Å². The molecule has 5 rings (SSSR count). The second kappa shape index (κ2) is 11.8. The number of amides is 1. The SMILES string of the molecule is Cc1cc(CN2CCN(C)CC2)ccc1/C=C/S(=O)(=O)N1CCC2(CC1)N=C(c1cccc(OC(F)(F)F)c1)NC2=O. The summed E-state index contributed by atoms with van der Waals surface area (Å²) in [6.07, 6.45) is -2.95. The number of carbonyl (C=O) groups is 1. The minimum atomic E-state index is -4.85. The van der Waals surface area contributed by atoms with Gasteiger partial charge in [-0.15, -0.1) is 13.2 Å². The van der Waals surface area contributed by atoms with E-state index >= 15 is 0 Å². The van der Waals surface area contributed by atoms with E-state index in [0.717, 1.165) is 56.0 Å². The van der Waals surface area contributed by atoms with E-state index in [1.165, 1.54) is 27.4 Å². The molecular weight excluding hydrogens is 571 g/mol. The zero-order valence-corrected chi connectivity index (χ0v) is 24.3. The van der Waals surface area contributed by atoms with Crippen molar-refractivity contribution < 1.29 is 31.1 Å². The van der Waals surface area contributed by atoms with E-state index in [4.69, 9.17) is 0 Å². The van der Waals surface area contributed by atoms with Gasteiger partial charge in [-0.3, -0.25) is 14.7 Å². The zero-order chi connectivity index (χ0) is 30.1. The Labute approximate surface area is 243 Å². The van der Waals surface area contributed by atoms with E-state index in [9.17, 15) is 26.4 Å². The van der Waals surface area contributed by atoms with Gasteiger partial charge in [0.05, 0.1) is 0 Å². The number of hydrogen-bond donors (Lipinski definition) is 1. The Morgan fingerprint density at radius 1 is 1.05 bits per heavy atom. The summed E-state index contributed by atoms with van der Waals surface area (Å²) in [5, 5.41) is 3.84. The van der Waals surface area contributed by atoms with Crippen molar-refractivity contribution in [3.05, 3.63) is 70.1 Å². The van der Waals surface area contributed by atoms with Crippen LogP contribution in [0.25, 0.3) is 6.08 Å². The molecule has 1 N–H and O–H groups in total. The number of benzene rings is 2. The van der Waals surface area contributed by atoms with Crippen molar-refractivity contribution in [2.75, 3.05) is 46.3 Å². The minimum Gasteiger partial charge on any atom is -0.406 e. The predicted molar refractivity (Wildman–Crippen MR) is 153 cm³/mol. The standard InChI is InChI=1S/C29H34F3N5O4S/c1-21-18-22(20-36-15-13-35(2)14-16-36)6-7-23(21)8-17-42(39,40)37-11-9-28(10-12-37)27(38)33-26(34-28)24-4-3-5-25(19-24)41-29(30,31)32/h3-8,17-19H,9-16,20H2,1-2H3,(H,33,34,38)/b17-8+. The van der Waals surface area contributed by atoms with Gasteiger partial charge in [0.25, 0.3) is 5.91 Å². The number of ether oxygens (including phenoxy) is 1. The maximum Gasteiger partial charge on any atom is 0.573 e. The summed E-state index contributed by atoms with van der Waals surface area (Å²) in [7, 11) is -1.63. The smallest absolute Gasteiger partial charge is 0.406 e. The Bertz CT molecular complexity index is 1490. The maximum atomic E-state index is 13.1. The molecule has 3 heterocycles. The normalized spacial score (nSPS) is 20.7. The highest BCUT2D eigenvalue weighted by molar-refractivity contribution is 7.92. The second-order valence-corrected chi connectivity index (χ2v) is 12.9. The van der Waals surface area contributed by atoms with Crippen LogP contribution in [0.3, 0.4) is 0 Å². The van der Waals surface area contributed by atoms with Crippen LogP contribution in [0, 0.1) is 6.92 Å². The summed E-state index contributed by atoms with van der Waals surface area (Å²) < 4.78 is 69.4. The van der Waals surface area contributed by atoms with Crippen LogP contribution in [0.15, 0.2) is 52.9 Å². The third-order valence-corrected chi connectivity index (χ3v) is 9.55. The number of likely N-dealkylation sites (N-methyl/N-ethyl adjacent to an activating group) is 1. The topological polar surface area (TPSA) is 94.6 Å². The molecule has 0 aliphatic carbocycles. The van der Waals surface area contributed by atoms with Crippen molar-refractivity contribution in [1.29, 1.82) is 0 Å². The lowest BCUT2D eigenvalue weighted by Gasteiger charge is -2.34. The average Bonchev–Trinajstić information content (AvgIpc) is 3.24. The summed E-state index contributed by atoms with van der Waals surface area (Å²) in [6.45, 7) is 7.11. The molecule has 3 aliphatic rings. The van der Waals surface area contributed by atoms with Crippen LogP contribution in [0.4, 0.5) is 13.2 Å². The maximum absolute atomic E-state index is 13.1. The minimum absolute atomic E-state index is 0.0804. The molecule has 3 aliphatic heterocycles. The lowest BCUT2D eigenvalue weighted by molar-refractivity contribution is -0.274. The van der Waals surface area contributed by atoms with Crippen molar-refractivity contribution in [1.82, 2.24) is 19.4 Å². The molecule has 0 unspecified atom stereocenters. The number of carbonyl (C=O) groups excluding carboxylic acids is 1. The fourth-order valence-corrected chi connectivity index (χ4v) is 6.66. The van der Waals surface area contributed by atoms with Gasteiger partial charge in [0.1, 0.15) is 17.1 Å². The average molecular weight is 606 g/mol. The van der Waals surface area contributed by atoms with E-state index in [1.807, 2.05) is 19.1 Å². The van der Waals surface area contributed by atoms with Crippen molar-refractivity contribution in [3.8, 4) is 5.75 Å². The van der Waals surface area contributed by atoms with Gasteiger partial charge in [0.2, 0.25) is 10.0 Å². The third-order valence-electron chi connectivity index (χ3n) is 7.99. The number of hydrogen-bond acceptors (Lipinski definition) is 7. The first-order valence-corrected chi connectivity index (χ1v) is 15.3. The fraction of sp³-hybridized carbons (Fsp3) is 0.448. The van der Waals surface area contributed by atoms with Gasteiger partial charge in [0.15, 0.2) is 0 Å². The Morgan fingerprint density at radius 2 is 1.76 bits per heavy atom. The van der Waals surface area contributed by atoms with Crippen LogP contribution in [0.1, 0.15) is 35.1 Å². The molecule has 2 fully saturated rings. The van der Waals surface area contributed by atoms with E-state index < -0.39 is 33.6 Å². The highest BCUT2D eigenvalue weighted by Crippen LogP contribution is 2.33. The summed E-state index contributed by atoms with van der Waals surface area (Å²) in [5.74, 6) is -0.694. The highest BCUT2D eigenvalue weighted by Gasteiger charge is 2.47. The molecular formula is C29H34F3N5O4S. The number of aryl methyl sites for hydroxylation is 1. The molecule has 0 atom stereocenters. The molecule has 2 saturated heterocycles. The summed E-state index contributed by atoms with van der Waals surface area (Å²) >= 11 is 0. The Hall–Kier alpha value is -3.26. The molecule has 42 heavy (non-hydrogen) atoms. The van der Waals surface area contributed by atoms with Gasteiger partial charge >= 0.3 is 6.36 Å². The fourth-order valence-electron chi connectivity index (χ4n) is 5.48. The Kier molecular flexibility index (Phi) is 8.48. The van der Waals surface area contributed by atoms with E-state index in [2.05, 4.69) is 38.0 Å². The molecule has 226 valence electrons. The van der Waals surface area contributed by atoms with Gasteiger partial charge < -0.3 is 15.0 Å². The quantitative estimate of drug-likeness (QED) is 0.521. The highest BCUT2D eigenvalue weighted by atomic mass is 32.2. The number of amidine groups is 1. The van der Waals surface area contributed by atoms with Crippen molar-refractivity contribution in [3.63, 3.8) is 0 Å². The monoisotopic (exact) mass is 605 g/mol. The summed E-state index contributed by atoms with van der Waals surface area (Å²) in [6, 6.07) is 11.3. The molecule has 1 spiro atoms. The summed E-state index contributed by atoms with van der Waals surface area (Å²) in [5.41, 5.74) is 2.08. The van der Waals surface area contributed by atoms with Crippen LogP contribution in [-0.2, 0) is 21.4 Å². The first-order chi connectivity index (χ1) is 19.8. The molecule has 2 aromatic rings. The number of nitrogens with zero attached hydrogens (tertiary/aromatic N) is 4. The summed E-state index contributed by atoms with van der Waals surface area (Å²) in [4.78, 5) is 22.1. The molecule has 0 saturated carbocycles. The first-order valence-electron chi connectivity index (χ1n) is 13.8. The molecule has 0 aromatic heterocycles. The van der Waals surface area contributed by atoms with Gasteiger partial charge in [0, 0.05) is 56.8 Å². The van der Waals surface area contributed by atoms with E-state index in [-0.39, 0.29) is 37.3 Å². The Morgan fingerprint density at radius 3 is 2.43 bits per heavy atom. The van der Waals surface area contributed by atoms with Gasteiger partial charge in [-0.05, 0) is 61.7 Å². The lowest BCUT2D eigenvalue weighted by atomic mass is 9.89. The number of halogens is 3. The number of piperazine rings is 1. The molecule has 13 heteroatoms. The number of alkyl halides is 3. The molecule has 9 nitrogen and oxygen atoms in total.